The number of halogens is 1. The van der Waals surface area contributed by atoms with Crippen molar-refractivity contribution in [3.63, 3.8) is 0 Å². The molecular weight excluding hydrogens is 388 g/mol. The lowest BCUT2D eigenvalue weighted by Crippen LogP contribution is -2.41. The molecule has 6 nitrogen and oxygen atoms in total. The fourth-order valence-electron chi connectivity index (χ4n) is 3.50. The van der Waals surface area contributed by atoms with E-state index >= 15 is 0 Å². The molecule has 0 saturated carbocycles. The summed E-state index contributed by atoms with van der Waals surface area (Å²) in [5.41, 5.74) is 2.79. The molecule has 0 radical (unpaired) electrons. The molecule has 1 unspecified atom stereocenters. The van der Waals surface area contributed by atoms with E-state index in [4.69, 9.17) is 11.6 Å². The number of hydrogen-bond donors (Lipinski definition) is 2. The lowest BCUT2D eigenvalue weighted by Gasteiger charge is -2.28. The molecule has 2 amide bonds. The van der Waals surface area contributed by atoms with Crippen LogP contribution in [0.15, 0.2) is 48.5 Å². The van der Waals surface area contributed by atoms with Crippen LogP contribution in [0.1, 0.15) is 24.4 Å². The Morgan fingerprint density at radius 3 is 2.21 bits per heavy atom. The highest BCUT2D eigenvalue weighted by Crippen LogP contribution is 2.26. The molecule has 1 aliphatic rings. The molecule has 2 aromatic carbocycles. The van der Waals surface area contributed by atoms with Crippen molar-refractivity contribution in [2.75, 3.05) is 43.9 Å². The van der Waals surface area contributed by atoms with Gasteiger partial charge in [-0.15, -0.1) is 0 Å². The number of nitrogens with zero attached hydrogens (tertiary/aromatic N) is 2. The highest BCUT2D eigenvalue weighted by atomic mass is 35.5. The second kappa shape index (κ2) is 9.76. The van der Waals surface area contributed by atoms with E-state index in [0.29, 0.717) is 17.3 Å². The molecule has 0 aliphatic carbocycles. The average Bonchev–Trinajstić information content (AvgIpc) is 3.24. The minimum Gasteiger partial charge on any atom is -0.378 e. The van der Waals surface area contributed by atoms with E-state index in [0.717, 1.165) is 37.2 Å². The summed E-state index contributed by atoms with van der Waals surface area (Å²) >= 11 is 5.84. The molecule has 2 aromatic rings. The normalized spacial score (nSPS) is 15.0. The van der Waals surface area contributed by atoms with Crippen LogP contribution in [0.2, 0.25) is 5.02 Å². The summed E-state index contributed by atoms with van der Waals surface area (Å²) in [6.07, 6.45) is 2.30. The summed E-state index contributed by atoms with van der Waals surface area (Å²) in [5, 5.41) is 5.96. The van der Waals surface area contributed by atoms with Gasteiger partial charge in [-0.3, -0.25) is 14.5 Å². The average molecular weight is 415 g/mol. The Kier molecular flexibility index (Phi) is 7.12. The molecule has 1 atom stereocenters. The number of rotatable bonds is 6. The molecule has 1 heterocycles. The van der Waals surface area contributed by atoms with Crippen molar-refractivity contribution >= 4 is 34.8 Å². The number of amides is 2. The summed E-state index contributed by atoms with van der Waals surface area (Å²) in [6, 6.07) is 15.0. The van der Waals surface area contributed by atoms with Crippen LogP contribution in [0.3, 0.4) is 0 Å². The maximum Gasteiger partial charge on any atom is 0.313 e. The van der Waals surface area contributed by atoms with E-state index in [2.05, 4.69) is 44.7 Å². The number of benzene rings is 2. The Hall–Kier alpha value is -2.57. The van der Waals surface area contributed by atoms with Gasteiger partial charge in [-0.05, 0) is 67.9 Å². The van der Waals surface area contributed by atoms with Crippen molar-refractivity contribution in [2.24, 2.45) is 0 Å². The van der Waals surface area contributed by atoms with Gasteiger partial charge in [-0.1, -0.05) is 23.7 Å². The second-order valence-electron chi connectivity index (χ2n) is 7.42. The van der Waals surface area contributed by atoms with Gasteiger partial charge in [0.25, 0.3) is 0 Å². The van der Waals surface area contributed by atoms with Crippen molar-refractivity contribution in [3.05, 3.63) is 59.1 Å². The SMILES string of the molecule is CN(C)c1ccc(C(CNC(=O)C(=O)Nc2ccc(Cl)cc2)N2CCCC2)cc1. The molecule has 154 valence electrons. The van der Waals surface area contributed by atoms with Gasteiger partial charge in [0.1, 0.15) is 0 Å². The molecule has 1 aliphatic heterocycles. The fraction of sp³-hybridized carbons (Fsp3) is 0.364. The number of carbonyl (C=O) groups is 2. The number of hydrogen-bond acceptors (Lipinski definition) is 4. The van der Waals surface area contributed by atoms with Gasteiger partial charge >= 0.3 is 11.8 Å². The van der Waals surface area contributed by atoms with Gasteiger partial charge < -0.3 is 15.5 Å². The third kappa shape index (κ3) is 5.71. The first-order chi connectivity index (χ1) is 13.9. The van der Waals surface area contributed by atoms with Crippen LogP contribution in [0, 0.1) is 0 Å². The summed E-state index contributed by atoms with van der Waals surface area (Å²) in [7, 11) is 4.01. The predicted octanol–water partition coefficient (Wildman–Crippen LogP) is 3.30. The van der Waals surface area contributed by atoms with Gasteiger partial charge in [0.05, 0.1) is 6.04 Å². The Balaban J connectivity index is 1.63. The minimum absolute atomic E-state index is 0.0426. The lowest BCUT2D eigenvalue weighted by molar-refractivity contribution is -0.136. The van der Waals surface area contributed by atoms with E-state index in [1.54, 1.807) is 24.3 Å². The zero-order valence-electron chi connectivity index (χ0n) is 16.8. The molecule has 3 rings (SSSR count). The Bertz CT molecular complexity index is 831. The quantitative estimate of drug-likeness (QED) is 0.712. The summed E-state index contributed by atoms with van der Waals surface area (Å²) in [6.45, 7) is 2.37. The van der Waals surface area contributed by atoms with Crippen LogP contribution in [-0.2, 0) is 9.59 Å². The largest absolute Gasteiger partial charge is 0.378 e. The van der Waals surface area contributed by atoms with Crippen LogP contribution in [-0.4, -0.2) is 50.4 Å². The molecule has 0 aromatic heterocycles. The van der Waals surface area contributed by atoms with E-state index in [-0.39, 0.29) is 6.04 Å². The topological polar surface area (TPSA) is 64.7 Å². The van der Waals surface area contributed by atoms with Crippen molar-refractivity contribution < 1.29 is 9.59 Å². The third-order valence-corrected chi connectivity index (χ3v) is 5.39. The van der Waals surface area contributed by atoms with Crippen molar-refractivity contribution in [1.29, 1.82) is 0 Å². The number of carbonyl (C=O) groups excluding carboxylic acids is 2. The van der Waals surface area contributed by atoms with Crippen LogP contribution in [0.25, 0.3) is 0 Å². The molecule has 1 saturated heterocycles. The van der Waals surface area contributed by atoms with Crippen molar-refractivity contribution in [2.45, 2.75) is 18.9 Å². The standard InChI is InChI=1S/C22H27ClN4O2/c1-26(2)19-11-5-16(6-12-19)20(27-13-3-4-14-27)15-24-21(28)22(29)25-18-9-7-17(23)8-10-18/h5-12,20H,3-4,13-15H2,1-2H3,(H,24,28)(H,25,29). The van der Waals surface area contributed by atoms with Crippen LogP contribution in [0.4, 0.5) is 11.4 Å². The minimum atomic E-state index is -0.685. The van der Waals surface area contributed by atoms with Gasteiger partial charge in [0.15, 0.2) is 0 Å². The molecule has 0 bridgehead atoms. The molecule has 2 N–H and O–H groups in total. The van der Waals surface area contributed by atoms with Gasteiger partial charge in [-0.2, -0.15) is 0 Å². The molecule has 7 heteroatoms. The summed E-state index contributed by atoms with van der Waals surface area (Å²) < 4.78 is 0. The van der Waals surface area contributed by atoms with E-state index in [1.165, 1.54) is 0 Å². The zero-order valence-corrected chi connectivity index (χ0v) is 17.6. The Morgan fingerprint density at radius 2 is 1.62 bits per heavy atom. The monoisotopic (exact) mass is 414 g/mol. The Labute approximate surface area is 176 Å². The predicted molar refractivity (Wildman–Crippen MR) is 117 cm³/mol. The van der Waals surface area contributed by atoms with E-state index < -0.39 is 11.8 Å². The molecule has 0 spiro atoms. The van der Waals surface area contributed by atoms with Gasteiger partial charge in [-0.25, -0.2) is 0 Å². The van der Waals surface area contributed by atoms with Gasteiger partial charge in [0.2, 0.25) is 0 Å². The Morgan fingerprint density at radius 1 is 1.00 bits per heavy atom. The first kappa shape index (κ1) is 21.1. The number of anilines is 2. The number of nitrogens with one attached hydrogen (secondary N) is 2. The summed E-state index contributed by atoms with van der Waals surface area (Å²) in [5.74, 6) is -1.33. The maximum atomic E-state index is 12.3. The smallest absolute Gasteiger partial charge is 0.313 e. The first-order valence-corrected chi connectivity index (χ1v) is 10.2. The first-order valence-electron chi connectivity index (χ1n) is 9.80. The second-order valence-corrected chi connectivity index (χ2v) is 7.85. The maximum absolute atomic E-state index is 12.3. The highest BCUT2D eigenvalue weighted by Gasteiger charge is 2.25. The fourth-order valence-corrected chi connectivity index (χ4v) is 3.62. The highest BCUT2D eigenvalue weighted by molar-refractivity contribution is 6.39. The lowest BCUT2D eigenvalue weighted by atomic mass is 10.0. The van der Waals surface area contributed by atoms with Crippen LogP contribution >= 0.6 is 11.6 Å². The van der Waals surface area contributed by atoms with Crippen molar-refractivity contribution in [1.82, 2.24) is 10.2 Å². The molecule has 29 heavy (non-hydrogen) atoms. The zero-order chi connectivity index (χ0) is 20.8. The third-order valence-electron chi connectivity index (χ3n) is 5.14. The van der Waals surface area contributed by atoms with Crippen LogP contribution < -0.4 is 15.5 Å². The summed E-state index contributed by atoms with van der Waals surface area (Å²) in [4.78, 5) is 29.0. The molecular formula is C22H27ClN4O2. The van der Waals surface area contributed by atoms with Crippen molar-refractivity contribution in [3.8, 4) is 0 Å². The van der Waals surface area contributed by atoms with E-state index in [1.807, 2.05) is 14.1 Å². The van der Waals surface area contributed by atoms with Gasteiger partial charge in [0, 0.05) is 37.0 Å². The molecule has 1 fully saturated rings. The number of likely N-dealkylation sites (tertiary alicyclic amines) is 1. The van der Waals surface area contributed by atoms with Crippen LogP contribution in [0.5, 0.6) is 0 Å². The van der Waals surface area contributed by atoms with E-state index in [9.17, 15) is 9.59 Å².